The number of likely N-dealkylation sites (tertiary alicyclic amines) is 1. The van der Waals surface area contributed by atoms with E-state index in [1.54, 1.807) is 0 Å². The first-order valence-electron chi connectivity index (χ1n) is 14.7. The van der Waals surface area contributed by atoms with Crippen molar-refractivity contribution in [3.8, 4) is 11.1 Å². The summed E-state index contributed by atoms with van der Waals surface area (Å²) in [6.45, 7) is 5.28. The molecule has 0 radical (unpaired) electrons. The zero-order valence-corrected chi connectivity index (χ0v) is 23.6. The van der Waals surface area contributed by atoms with Crippen LogP contribution >= 0.6 is 0 Å². The van der Waals surface area contributed by atoms with Crippen LogP contribution in [-0.2, 0) is 27.4 Å². The minimum absolute atomic E-state index is 0.0328. The van der Waals surface area contributed by atoms with Crippen molar-refractivity contribution in [3.63, 3.8) is 0 Å². The molecule has 0 aromatic heterocycles. The minimum Gasteiger partial charge on any atom is -0.392 e. The van der Waals surface area contributed by atoms with Gasteiger partial charge in [-0.25, -0.2) is 0 Å². The number of aliphatic hydroxyl groups is 1. The van der Waals surface area contributed by atoms with Crippen molar-refractivity contribution in [2.24, 2.45) is 0 Å². The maximum Gasteiger partial charge on any atom is 0.217 e. The number of nitrogens with zero attached hydrogens (tertiary/aromatic N) is 1. The standard InChI is InChI=1S/C34H42N2O4/c1-25(38)35-22-27-8-7-9-31(20-27)28-14-16-30(17-15-28)34-39-32(23-36-18-5-3-2-4-6-19-36)21-33(40-34)29-12-10-26(24-37)11-13-29/h7-17,20,32-34,37H,2-6,18-19,21-24H2,1H3,(H,35,38)/t32-,33+,34+/m1/s1. The molecular formula is C34H42N2O4. The van der Waals surface area contributed by atoms with Crippen molar-refractivity contribution in [3.05, 3.63) is 95.1 Å². The first-order chi connectivity index (χ1) is 19.6. The zero-order valence-electron chi connectivity index (χ0n) is 23.6. The number of nitrogens with one attached hydrogen (secondary N) is 1. The average Bonchev–Trinajstić information content (AvgIpc) is 2.97. The fourth-order valence-corrected chi connectivity index (χ4v) is 5.74. The van der Waals surface area contributed by atoms with Crippen molar-refractivity contribution in [2.75, 3.05) is 19.6 Å². The summed E-state index contributed by atoms with van der Waals surface area (Å²) in [4.78, 5) is 13.9. The van der Waals surface area contributed by atoms with Gasteiger partial charge in [0.25, 0.3) is 0 Å². The van der Waals surface area contributed by atoms with E-state index in [1.165, 1.54) is 39.0 Å². The largest absolute Gasteiger partial charge is 0.392 e. The number of ether oxygens (including phenoxy) is 2. The van der Waals surface area contributed by atoms with Crippen molar-refractivity contribution < 1.29 is 19.4 Å². The third kappa shape index (κ3) is 7.79. The molecule has 2 saturated heterocycles. The SMILES string of the molecule is CC(=O)NCc1cccc(-c2ccc([C@H]3O[C@@H](CN4CCCCCCC4)C[C@@H](c4ccc(CO)cc4)O3)cc2)c1. The van der Waals surface area contributed by atoms with E-state index in [4.69, 9.17) is 9.47 Å². The van der Waals surface area contributed by atoms with Crippen LogP contribution in [0.25, 0.3) is 11.1 Å². The van der Waals surface area contributed by atoms with Crippen LogP contribution in [0.5, 0.6) is 0 Å². The van der Waals surface area contributed by atoms with Gasteiger partial charge in [-0.3, -0.25) is 4.79 Å². The highest BCUT2D eigenvalue weighted by atomic mass is 16.7. The van der Waals surface area contributed by atoms with Gasteiger partial charge in [-0.05, 0) is 59.8 Å². The van der Waals surface area contributed by atoms with Gasteiger partial charge in [0, 0.05) is 32.0 Å². The highest BCUT2D eigenvalue weighted by Gasteiger charge is 2.33. The van der Waals surface area contributed by atoms with Crippen LogP contribution in [0, 0.1) is 0 Å². The van der Waals surface area contributed by atoms with Gasteiger partial charge in [-0.2, -0.15) is 0 Å². The summed E-state index contributed by atoms with van der Waals surface area (Å²) in [5.41, 5.74) is 6.32. The molecule has 2 N–H and O–H groups in total. The first-order valence-corrected chi connectivity index (χ1v) is 14.7. The fraction of sp³-hybridized carbons (Fsp3) is 0.441. The molecule has 0 aliphatic carbocycles. The van der Waals surface area contributed by atoms with E-state index < -0.39 is 6.29 Å². The lowest BCUT2D eigenvalue weighted by atomic mass is 9.98. The minimum atomic E-state index is -0.448. The molecule has 0 spiro atoms. The Kier molecular flexibility index (Phi) is 10.0. The fourth-order valence-electron chi connectivity index (χ4n) is 5.74. The molecule has 0 bridgehead atoms. The molecular weight excluding hydrogens is 500 g/mol. The Balaban J connectivity index is 1.33. The molecule has 3 aromatic carbocycles. The van der Waals surface area contributed by atoms with E-state index in [9.17, 15) is 9.90 Å². The molecule has 2 heterocycles. The van der Waals surface area contributed by atoms with E-state index in [1.807, 2.05) is 24.3 Å². The maximum absolute atomic E-state index is 11.3. The number of carbonyl (C=O) groups is 1. The quantitative estimate of drug-likeness (QED) is 0.350. The van der Waals surface area contributed by atoms with Gasteiger partial charge in [-0.1, -0.05) is 86.0 Å². The topological polar surface area (TPSA) is 71.0 Å². The zero-order chi connectivity index (χ0) is 27.7. The van der Waals surface area contributed by atoms with Gasteiger partial charge in [0.1, 0.15) is 0 Å². The Morgan fingerprint density at radius 1 is 0.850 bits per heavy atom. The average molecular weight is 543 g/mol. The van der Waals surface area contributed by atoms with Crippen LogP contribution in [0.15, 0.2) is 72.8 Å². The van der Waals surface area contributed by atoms with Gasteiger partial charge in [0.2, 0.25) is 5.91 Å². The second-order valence-corrected chi connectivity index (χ2v) is 11.2. The second-order valence-electron chi connectivity index (χ2n) is 11.2. The molecule has 2 aliphatic rings. The Bertz CT molecular complexity index is 1220. The Morgan fingerprint density at radius 2 is 1.55 bits per heavy atom. The predicted octanol–water partition coefficient (Wildman–Crippen LogP) is 6.29. The Morgan fingerprint density at radius 3 is 2.25 bits per heavy atom. The summed E-state index contributed by atoms with van der Waals surface area (Å²) in [5.74, 6) is -0.0328. The van der Waals surface area contributed by atoms with E-state index in [2.05, 4.69) is 58.7 Å². The summed E-state index contributed by atoms with van der Waals surface area (Å²) >= 11 is 0. The predicted molar refractivity (Wildman–Crippen MR) is 157 cm³/mol. The van der Waals surface area contributed by atoms with Crippen LogP contribution in [-0.4, -0.2) is 41.7 Å². The van der Waals surface area contributed by atoms with Crippen molar-refractivity contribution in [1.29, 1.82) is 0 Å². The molecule has 6 heteroatoms. The third-order valence-corrected chi connectivity index (χ3v) is 8.01. The molecule has 3 aromatic rings. The van der Waals surface area contributed by atoms with Gasteiger partial charge in [0.05, 0.1) is 18.8 Å². The highest BCUT2D eigenvalue weighted by Crippen LogP contribution is 2.38. The number of hydrogen-bond donors (Lipinski definition) is 2. The second kappa shape index (κ2) is 14.0. The molecule has 0 saturated carbocycles. The Hall–Kier alpha value is -3.03. The summed E-state index contributed by atoms with van der Waals surface area (Å²) < 4.78 is 13.2. The van der Waals surface area contributed by atoms with E-state index in [0.717, 1.165) is 59.4 Å². The molecule has 3 atom stereocenters. The number of aliphatic hydroxyl groups excluding tert-OH is 1. The van der Waals surface area contributed by atoms with Gasteiger partial charge >= 0.3 is 0 Å². The molecule has 0 unspecified atom stereocenters. The lowest BCUT2D eigenvalue weighted by Crippen LogP contribution is -2.40. The van der Waals surface area contributed by atoms with Crippen LogP contribution in [0.1, 0.15) is 80.1 Å². The number of rotatable bonds is 8. The van der Waals surface area contributed by atoms with Crippen molar-refractivity contribution in [1.82, 2.24) is 10.2 Å². The third-order valence-electron chi connectivity index (χ3n) is 8.01. The molecule has 6 nitrogen and oxygen atoms in total. The molecule has 40 heavy (non-hydrogen) atoms. The van der Waals surface area contributed by atoms with Crippen LogP contribution in [0.2, 0.25) is 0 Å². The number of amides is 1. The van der Waals surface area contributed by atoms with Gasteiger partial charge in [0.15, 0.2) is 6.29 Å². The maximum atomic E-state index is 11.3. The van der Waals surface area contributed by atoms with Crippen molar-refractivity contribution >= 4 is 5.91 Å². The number of benzene rings is 3. The smallest absolute Gasteiger partial charge is 0.217 e. The lowest BCUT2D eigenvalue weighted by molar-refractivity contribution is -0.253. The molecule has 5 rings (SSSR count). The summed E-state index contributed by atoms with van der Waals surface area (Å²) in [6, 6.07) is 24.8. The molecule has 212 valence electrons. The summed E-state index contributed by atoms with van der Waals surface area (Å²) in [7, 11) is 0. The monoisotopic (exact) mass is 542 g/mol. The van der Waals surface area contributed by atoms with Gasteiger partial charge < -0.3 is 24.8 Å². The van der Waals surface area contributed by atoms with Crippen molar-refractivity contribution in [2.45, 2.75) is 77.1 Å². The number of hydrogen-bond acceptors (Lipinski definition) is 5. The molecule has 2 aliphatic heterocycles. The lowest BCUT2D eigenvalue weighted by Gasteiger charge is -2.38. The molecule has 2 fully saturated rings. The summed E-state index contributed by atoms with van der Waals surface area (Å²) in [5, 5.41) is 12.4. The Labute approximate surface area is 238 Å². The first kappa shape index (κ1) is 28.5. The van der Waals surface area contributed by atoms with E-state index in [0.29, 0.717) is 6.54 Å². The van der Waals surface area contributed by atoms with Crippen LogP contribution in [0.3, 0.4) is 0 Å². The molecule has 1 amide bonds. The highest BCUT2D eigenvalue weighted by molar-refractivity contribution is 5.73. The van der Waals surface area contributed by atoms with Crippen LogP contribution < -0.4 is 5.32 Å². The summed E-state index contributed by atoms with van der Waals surface area (Å²) in [6.07, 6.45) is 6.86. The van der Waals surface area contributed by atoms with Crippen LogP contribution in [0.4, 0.5) is 0 Å². The van der Waals surface area contributed by atoms with E-state index >= 15 is 0 Å². The van der Waals surface area contributed by atoms with Gasteiger partial charge in [-0.15, -0.1) is 0 Å². The number of carbonyl (C=O) groups excluding carboxylic acids is 1. The normalized spacial score (nSPS) is 22.3. The van der Waals surface area contributed by atoms with E-state index in [-0.39, 0.29) is 24.7 Å².